The zero-order valence-corrected chi connectivity index (χ0v) is 22.6. The van der Waals surface area contributed by atoms with Gasteiger partial charge in [0.1, 0.15) is 5.82 Å². The van der Waals surface area contributed by atoms with Gasteiger partial charge in [0, 0.05) is 55.6 Å². The number of nitrogens with zero attached hydrogens (tertiary/aromatic N) is 4. The molecule has 0 unspecified atom stereocenters. The molecular weight excluding hydrogens is 530 g/mol. The van der Waals surface area contributed by atoms with Crippen molar-refractivity contribution in [3.63, 3.8) is 0 Å². The minimum Gasteiger partial charge on any atom is -0.345 e. The fourth-order valence-corrected chi connectivity index (χ4v) is 6.23. The van der Waals surface area contributed by atoms with Gasteiger partial charge in [0.05, 0.1) is 16.8 Å². The van der Waals surface area contributed by atoms with Crippen molar-refractivity contribution >= 4 is 52.4 Å². The molecule has 2 aliphatic heterocycles. The summed E-state index contributed by atoms with van der Waals surface area (Å²) in [5, 5.41) is 9.00. The van der Waals surface area contributed by atoms with Crippen LogP contribution in [0.1, 0.15) is 46.1 Å². The van der Waals surface area contributed by atoms with Crippen molar-refractivity contribution in [1.29, 1.82) is 0 Å². The van der Waals surface area contributed by atoms with Crippen molar-refractivity contribution in [2.45, 2.75) is 50.7 Å². The van der Waals surface area contributed by atoms with E-state index in [1.807, 2.05) is 11.9 Å². The normalized spacial score (nSPS) is 23.1. The number of amides is 4. The Hall–Kier alpha value is -3.09. The first kappa shape index (κ1) is 26.5. The van der Waals surface area contributed by atoms with Gasteiger partial charge in [-0.05, 0) is 44.9 Å². The summed E-state index contributed by atoms with van der Waals surface area (Å²) in [4.78, 5) is 65.1. The molecule has 0 radical (unpaired) electrons. The van der Waals surface area contributed by atoms with Gasteiger partial charge < -0.3 is 25.8 Å². The Balaban J connectivity index is 1.27. The second-order valence-electron chi connectivity index (χ2n) is 10.0. The zero-order chi connectivity index (χ0) is 26.8. The van der Waals surface area contributed by atoms with Gasteiger partial charge in [-0.2, -0.15) is 0 Å². The van der Waals surface area contributed by atoms with Crippen LogP contribution in [0.15, 0.2) is 18.3 Å². The number of hydrogen-bond acceptors (Lipinski definition) is 8. The molecule has 38 heavy (non-hydrogen) atoms. The Morgan fingerprint density at radius 3 is 2.58 bits per heavy atom. The van der Waals surface area contributed by atoms with E-state index in [4.69, 9.17) is 11.6 Å². The van der Waals surface area contributed by atoms with Crippen LogP contribution >= 0.6 is 22.9 Å². The van der Waals surface area contributed by atoms with Crippen molar-refractivity contribution in [2.24, 2.45) is 5.92 Å². The maximum absolute atomic E-state index is 13.2. The van der Waals surface area contributed by atoms with Gasteiger partial charge in [0.25, 0.3) is 5.91 Å². The SMILES string of the molecule is CN1CCc2nc(C(=O)N[C@@H]3C[C@@H](C(=O)N4CCC4)CC[C@@H]3NC(=O)C(=O)Nc3ccc(Cl)cn3)sc2C1. The van der Waals surface area contributed by atoms with Crippen molar-refractivity contribution < 1.29 is 19.2 Å². The molecule has 1 aliphatic carbocycles. The van der Waals surface area contributed by atoms with Gasteiger partial charge >= 0.3 is 11.8 Å². The van der Waals surface area contributed by atoms with E-state index in [0.717, 1.165) is 49.6 Å². The van der Waals surface area contributed by atoms with Gasteiger partial charge in [0.2, 0.25) is 5.91 Å². The van der Waals surface area contributed by atoms with Crippen LogP contribution in [0.4, 0.5) is 5.82 Å². The number of halogens is 1. The quantitative estimate of drug-likeness (QED) is 0.471. The molecule has 3 atom stereocenters. The third-order valence-corrected chi connectivity index (χ3v) is 8.60. The van der Waals surface area contributed by atoms with Crippen molar-refractivity contribution in [3.05, 3.63) is 38.9 Å². The van der Waals surface area contributed by atoms with E-state index >= 15 is 0 Å². The second-order valence-corrected chi connectivity index (χ2v) is 11.6. The maximum atomic E-state index is 13.2. The highest BCUT2D eigenvalue weighted by molar-refractivity contribution is 7.13. The first-order chi connectivity index (χ1) is 18.3. The molecule has 0 aromatic carbocycles. The third-order valence-electron chi connectivity index (χ3n) is 7.29. The summed E-state index contributed by atoms with van der Waals surface area (Å²) in [5.74, 6) is -2.02. The number of carbonyl (C=O) groups excluding carboxylic acids is 4. The lowest BCUT2D eigenvalue weighted by molar-refractivity contribution is -0.141. The van der Waals surface area contributed by atoms with E-state index in [9.17, 15) is 19.2 Å². The van der Waals surface area contributed by atoms with Crippen molar-refractivity contribution in [2.75, 3.05) is 32.0 Å². The molecule has 0 bridgehead atoms. The number of aromatic nitrogens is 2. The molecule has 11 nitrogen and oxygen atoms in total. The highest BCUT2D eigenvalue weighted by atomic mass is 35.5. The van der Waals surface area contributed by atoms with E-state index in [0.29, 0.717) is 29.3 Å². The van der Waals surface area contributed by atoms with E-state index < -0.39 is 23.9 Å². The fourth-order valence-electron chi connectivity index (χ4n) is 5.03. The number of hydrogen-bond donors (Lipinski definition) is 3. The lowest BCUT2D eigenvalue weighted by Gasteiger charge is -2.40. The summed E-state index contributed by atoms with van der Waals surface area (Å²) < 4.78 is 0. The third kappa shape index (κ3) is 5.97. The lowest BCUT2D eigenvalue weighted by Crippen LogP contribution is -2.58. The largest absolute Gasteiger partial charge is 0.345 e. The molecule has 3 aliphatic rings. The summed E-state index contributed by atoms with van der Waals surface area (Å²) in [6, 6.07) is 2.00. The Labute approximate surface area is 229 Å². The molecule has 2 aromatic rings. The van der Waals surface area contributed by atoms with Crippen LogP contribution in [0.2, 0.25) is 5.02 Å². The molecule has 5 rings (SSSR count). The molecule has 2 fully saturated rings. The average Bonchev–Trinajstić information content (AvgIpc) is 3.28. The molecule has 1 saturated carbocycles. The van der Waals surface area contributed by atoms with E-state index in [-0.39, 0.29) is 23.6 Å². The Morgan fingerprint density at radius 2 is 1.87 bits per heavy atom. The Morgan fingerprint density at radius 1 is 1.05 bits per heavy atom. The van der Waals surface area contributed by atoms with Gasteiger partial charge in [-0.25, -0.2) is 9.97 Å². The topological polar surface area (TPSA) is 137 Å². The van der Waals surface area contributed by atoms with Gasteiger partial charge in [-0.15, -0.1) is 11.3 Å². The molecule has 13 heteroatoms. The lowest BCUT2D eigenvalue weighted by atomic mass is 9.81. The fraction of sp³-hybridized carbons (Fsp3) is 0.520. The number of carbonyl (C=O) groups is 4. The number of likely N-dealkylation sites (N-methyl/N-ethyl adjacent to an activating group) is 1. The summed E-state index contributed by atoms with van der Waals surface area (Å²) >= 11 is 7.20. The summed E-state index contributed by atoms with van der Waals surface area (Å²) in [6.45, 7) is 3.16. The number of nitrogens with one attached hydrogen (secondary N) is 3. The zero-order valence-electron chi connectivity index (χ0n) is 21.0. The van der Waals surface area contributed by atoms with Crippen LogP contribution in [0.5, 0.6) is 0 Å². The molecular formula is C25H30ClN7O4S. The van der Waals surface area contributed by atoms with Crippen LogP contribution < -0.4 is 16.0 Å². The Bertz CT molecular complexity index is 1230. The molecule has 202 valence electrons. The van der Waals surface area contributed by atoms with Gasteiger partial charge in [-0.1, -0.05) is 11.6 Å². The maximum Gasteiger partial charge on any atom is 0.314 e. The van der Waals surface area contributed by atoms with E-state index in [2.05, 4.69) is 30.8 Å². The van der Waals surface area contributed by atoms with Crippen LogP contribution in [-0.2, 0) is 27.3 Å². The molecule has 2 aromatic heterocycles. The van der Waals surface area contributed by atoms with Crippen LogP contribution in [0.3, 0.4) is 0 Å². The van der Waals surface area contributed by atoms with E-state index in [1.165, 1.54) is 23.6 Å². The number of anilines is 1. The first-order valence-electron chi connectivity index (χ1n) is 12.8. The van der Waals surface area contributed by atoms with E-state index in [1.54, 1.807) is 6.07 Å². The van der Waals surface area contributed by atoms with Gasteiger partial charge in [0.15, 0.2) is 5.01 Å². The van der Waals surface area contributed by atoms with Gasteiger partial charge in [-0.3, -0.25) is 19.2 Å². The number of pyridine rings is 1. The predicted molar refractivity (Wildman–Crippen MR) is 142 cm³/mol. The Kier molecular flexibility index (Phi) is 7.91. The number of thiazole rings is 1. The molecule has 0 spiro atoms. The predicted octanol–water partition coefficient (Wildman–Crippen LogP) is 1.43. The molecule has 1 saturated heterocycles. The summed E-state index contributed by atoms with van der Waals surface area (Å²) in [7, 11) is 2.03. The molecule has 4 heterocycles. The van der Waals surface area contributed by atoms with Crippen LogP contribution in [0, 0.1) is 5.92 Å². The summed E-state index contributed by atoms with van der Waals surface area (Å²) in [6.07, 6.45) is 4.55. The highest BCUT2D eigenvalue weighted by Gasteiger charge is 2.39. The molecule has 4 amide bonds. The second kappa shape index (κ2) is 11.3. The number of likely N-dealkylation sites (tertiary alicyclic amines) is 1. The van der Waals surface area contributed by atoms with Crippen LogP contribution in [0.25, 0.3) is 0 Å². The van der Waals surface area contributed by atoms with Crippen LogP contribution in [-0.4, -0.2) is 82.2 Å². The van der Waals surface area contributed by atoms with Crippen molar-refractivity contribution in [3.8, 4) is 0 Å². The van der Waals surface area contributed by atoms with Crippen molar-refractivity contribution in [1.82, 2.24) is 30.4 Å². The monoisotopic (exact) mass is 559 g/mol. The number of fused-ring (bicyclic) bond motifs is 1. The minimum absolute atomic E-state index is 0.0829. The smallest absolute Gasteiger partial charge is 0.314 e. The molecule has 3 N–H and O–H groups in total. The average molecular weight is 560 g/mol. The summed E-state index contributed by atoms with van der Waals surface area (Å²) in [5.41, 5.74) is 0.949. The standard InChI is InChI=1S/C25H30ClN7O4S/c1-32-10-7-17-19(13-32)38-24(30-17)23(36)29-18-11-14(25(37)33-8-2-9-33)3-5-16(18)28-21(34)22(35)31-20-6-4-15(26)12-27-20/h4,6,12,14,16,18H,2-3,5,7-11,13H2,1H3,(H,28,34)(H,29,36)(H,27,31,35)/t14-,16-,18+/m0/s1. The highest BCUT2D eigenvalue weighted by Crippen LogP contribution is 2.29. The first-order valence-corrected chi connectivity index (χ1v) is 14.0. The number of rotatable bonds is 5. The minimum atomic E-state index is -0.875.